The van der Waals surface area contributed by atoms with Crippen LogP contribution in [0.1, 0.15) is 5.56 Å². The van der Waals surface area contributed by atoms with Crippen LogP contribution in [-0.2, 0) is 13.6 Å². The SMILES string of the molecule is Cn1c(=O)[nH]c(=O)c2c1nc(N/N=C/C=C/c1ccccc1)n2C[C@H](O)COc1ccc(Br)cc1. The van der Waals surface area contributed by atoms with E-state index in [0.29, 0.717) is 5.75 Å². The molecule has 1 atom stereocenters. The molecule has 0 aliphatic rings. The molecule has 0 amide bonds. The number of allylic oxidation sites excluding steroid dienone is 1. The maximum Gasteiger partial charge on any atom is 0.329 e. The standard InChI is InChI=1S/C24H23BrN6O4/c1-30-21-20(22(33)28-24(30)34)31(14-18(32)15-35-19-11-9-17(25)10-12-19)23(27-21)29-26-13-5-8-16-6-3-2-4-7-16/h2-13,18,32H,14-15H2,1H3,(H,27,29)(H,28,33,34)/b8-5+,26-13+/t18-/m0/s1. The molecule has 2 aromatic heterocycles. The first-order chi connectivity index (χ1) is 16.9. The van der Waals surface area contributed by atoms with E-state index in [1.807, 2.05) is 48.5 Å². The number of rotatable bonds is 9. The van der Waals surface area contributed by atoms with Crippen molar-refractivity contribution in [1.82, 2.24) is 19.1 Å². The Morgan fingerprint density at radius 1 is 1.20 bits per heavy atom. The van der Waals surface area contributed by atoms with Crippen LogP contribution >= 0.6 is 15.9 Å². The molecular formula is C24H23BrN6O4. The quantitative estimate of drug-likeness (QED) is 0.222. The first-order valence-electron chi connectivity index (χ1n) is 10.7. The number of aromatic amines is 1. The third kappa shape index (κ3) is 5.94. The molecule has 35 heavy (non-hydrogen) atoms. The molecule has 0 aliphatic heterocycles. The van der Waals surface area contributed by atoms with Gasteiger partial charge >= 0.3 is 5.69 Å². The first-order valence-corrected chi connectivity index (χ1v) is 11.5. The maximum atomic E-state index is 12.6. The second-order valence-electron chi connectivity index (χ2n) is 7.62. The number of aliphatic hydroxyl groups is 1. The fourth-order valence-corrected chi connectivity index (χ4v) is 3.61. The minimum atomic E-state index is -0.977. The van der Waals surface area contributed by atoms with Gasteiger partial charge in [0, 0.05) is 17.7 Å². The van der Waals surface area contributed by atoms with E-state index in [0.717, 1.165) is 10.0 Å². The molecule has 0 aliphatic carbocycles. The molecule has 0 spiro atoms. The first kappa shape index (κ1) is 24.2. The van der Waals surface area contributed by atoms with Crippen LogP contribution in [0.15, 0.2) is 79.8 Å². The number of aliphatic hydroxyl groups excluding tert-OH is 1. The highest BCUT2D eigenvalue weighted by molar-refractivity contribution is 9.10. The zero-order valence-corrected chi connectivity index (χ0v) is 20.3. The molecule has 0 saturated heterocycles. The van der Waals surface area contributed by atoms with E-state index in [4.69, 9.17) is 4.74 Å². The van der Waals surface area contributed by atoms with E-state index in [2.05, 4.69) is 36.4 Å². The number of anilines is 1. The van der Waals surface area contributed by atoms with Gasteiger partial charge in [-0.15, -0.1) is 0 Å². The third-order valence-electron chi connectivity index (χ3n) is 5.07. The lowest BCUT2D eigenvalue weighted by Crippen LogP contribution is -2.30. The molecule has 0 fully saturated rings. The Balaban J connectivity index is 1.55. The average Bonchev–Trinajstić information content (AvgIpc) is 3.21. The van der Waals surface area contributed by atoms with E-state index < -0.39 is 17.4 Å². The molecule has 2 heterocycles. The number of nitrogens with one attached hydrogen (secondary N) is 2. The van der Waals surface area contributed by atoms with Gasteiger partial charge < -0.3 is 14.4 Å². The highest BCUT2D eigenvalue weighted by Crippen LogP contribution is 2.18. The summed E-state index contributed by atoms with van der Waals surface area (Å²) in [6, 6.07) is 16.9. The number of ether oxygens (including phenoxy) is 1. The van der Waals surface area contributed by atoms with Crippen molar-refractivity contribution in [3.8, 4) is 5.75 Å². The van der Waals surface area contributed by atoms with Crippen LogP contribution in [0.25, 0.3) is 17.2 Å². The summed E-state index contributed by atoms with van der Waals surface area (Å²) in [5.74, 6) is 0.787. The van der Waals surface area contributed by atoms with Crippen molar-refractivity contribution in [3.63, 3.8) is 0 Å². The average molecular weight is 539 g/mol. The lowest BCUT2D eigenvalue weighted by Gasteiger charge is -2.15. The van der Waals surface area contributed by atoms with Crippen LogP contribution in [0.5, 0.6) is 5.75 Å². The number of imidazole rings is 1. The summed E-state index contributed by atoms with van der Waals surface area (Å²) >= 11 is 3.36. The normalized spacial score (nSPS) is 12.5. The topological polar surface area (TPSA) is 127 Å². The zero-order chi connectivity index (χ0) is 24.8. The Morgan fingerprint density at radius 2 is 1.94 bits per heavy atom. The highest BCUT2D eigenvalue weighted by atomic mass is 79.9. The molecule has 0 bridgehead atoms. The van der Waals surface area contributed by atoms with Gasteiger partial charge in [-0.3, -0.25) is 14.3 Å². The Labute approximate surface area is 208 Å². The number of benzene rings is 2. The summed E-state index contributed by atoms with van der Waals surface area (Å²) in [6.07, 6.45) is 4.19. The predicted octanol–water partition coefficient (Wildman–Crippen LogP) is 2.74. The van der Waals surface area contributed by atoms with Crippen molar-refractivity contribution in [2.24, 2.45) is 12.1 Å². The maximum absolute atomic E-state index is 12.6. The number of aryl methyl sites for hydroxylation is 1. The van der Waals surface area contributed by atoms with Gasteiger partial charge in [-0.25, -0.2) is 10.2 Å². The van der Waals surface area contributed by atoms with Crippen molar-refractivity contribution >= 4 is 45.3 Å². The van der Waals surface area contributed by atoms with Crippen molar-refractivity contribution < 1.29 is 9.84 Å². The second-order valence-corrected chi connectivity index (χ2v) is 8.53. The van der Waals surface area contributed by atoms with Gasteiger partial charge in [-0.05, 0) is 35.9 Å². The second kappa shape index (κ2) is 11.0. The number of hydrogen-bond donors (Lipinski definition) is 3. The van der Waals surface area contributed by atoms with E-state index in [1.54, 1.807) is 18.2 Å². The number of aromatic nitrogens is 4. The molecule has 2 aromatic carbocycles. The Kier molecular flexibility index (Phi) is 7.58. The molecule has 4 aromatic rings. The monoisotopic (exact) mass is 538 g/mol. The van der Waals surface area contributed by atoms with Gasteiger partial charge in [0.2, 0.25) is 5.95 Å². The summed E-state index contributed by atoms with van der Waals surface area (Å²) in [6.45, 7) is -0.0421. The fourth-order valence-electron chi connectivity index (χ4n) is 3.34. The van der Waals surface area contributed by atoms with Gasteiger partial charge in [0.25, 0.3) is 5.56 Å². The van der Waals surface area contributed by atoms with E-state index in [-0.39, 0.29) is 30.3 Å². The van der Waals surface area contributed by atoms with E-state index in [1.165, 1.54) is 22.4 Å². The molecule has 4 rings (SSSR count). The van der Waals surface area contributed by atoms with Crippen molar-refractivity contribution in [2.75, 3.05) is 12.0 Å². The number of H-pyrrole nitrogens is 1. The molecule has 0 saturated carbocycles. The van der Waals surface area contributed by atoms with Gasteiger partial charge in [-0.2, -0.15) is 10.1 Å². The molecule has 10 nitrogen and oxygen atoms in total. The molecule has 3 N–H and O–H groups in total. The minimum absolute atomic E-state index is 0.0203. The van der Waals surface area contributed by atoms with E-state index in [9.17, 15) is 14.7 Å². The van der Waals surface area contributed by atoms with E-state index >= 15 is 0 Å². The number of nitrogens with zero attached hydrogens (tertiary/aromatic N) is 4. The molecule has 0 unspecified atom stereocenters. The predicted molar refractivity (Wildman–Crippen MR) is 139 cm³/mol. The highest BCUT2D eigenvalue weighted by Gasteiger charge is 2.19. The Bertz CT molecular complexity index is 1470. The summed E-state index contributed by atoms with van der Waals surface area (Å²) in [5, 5.41) is 14.8. The molecule has 180 valence electrons. The van der Waals surface area contributed by atoms with Gasteiger partial charge in [-0.1, -0.05) is 52.3 Å². The number of halogens is 1. The van der Waals surface area contributed by atoms with Crippen molar-refractivity contribution in [2.45, 2.75) is 12.6 Å². The van der Waals surface area contributed by atoms with Crippen LogP contribution in [0.4, 0.5) is 5.95 Å². The summed E-state index contributed by atoms with van der Waals surface area (Å²) < 4.78 is 9.26. The summed E-state index contributed by atoms with van der Waals surface area (Å²) in [4.78, 5) is 31.3. The smallest absolute Gasteiger partial charge is 0.329 e. The zero-order valence-electron chi connectivity index (χ0n) is 18.8. The fraction of sp³-hybridized carbons (Fsp3) is 0.167. The van der Waals surface area contributed by atoms with Gasteiger partial charge in [0.15, 0.2) is 11.2 Å². The number of hydrazone groups is 1. The van der Waals surface area contributed by atoms with Crippen molar-refractivity contribution in [1.29, 1.82) is 0 Å². The van der Waals surface area contributed by atoms with Crippen LogP contribution in [0.2, 0.25) is 0 Å². The van der Waals surface area contributed by atoms with Gasteiger partial charge in [0.05, 0.1) is 6.54 Å². The minimum Gasteiger partial charge on any atom is -0.491 e. The van der Waals surface area contributed by atoms with Crippen LogP contribution in [-0.4, -0.2) is 43.1 Å². The largest absolute Gasteiger partial charge is 0.491 e. The van der Waals surface area contributed by atoms with Crippen LogP contribution in [0.3, 0.4) is 0 Å². The van der Waals surface area contributed by atoms with Crippen LogP contribution in [0, 0.1) is 0 Å². The molecule has 0 radical (unpaired) electrons. The third-order valence-corrected chi connectivity index (χ3v) is 5.60. The van der Waals surface area contributed by atoms with Crippen LogP contribution < -0.4 is 21.4 Å². The summed E-state index contributed by atoms with van der Waals surface area (Å²) in [5.41, 5.74) is 2.90. The Morgan fingerprint density at radius 3 is 2.69 bits per heavy atom. The number of hydrogen-bond acceptors (Lipinski definition) is 7. The molecular weight excluding hydrogens is 516 g/mol. The van der Waals surface area contributed by atoms with Gasteiger partial charge in [0.1, 0.15) is 18.5 Å². The lowest BCUT2D eigenvalue weighted by molar-refractivity contribution is 0.0938. The molecule has 11 heteroatoms. The number of fused-ring (bicyclic) bond motifs is 1. The Hall–Kier alpha value is -3.96. The summed E-state index contributed by atoms with van der Waals surface area (Å²) in [7, 11) is 1.50. The van der Waals surface area contributed by atoms with Crippen molar-refractivity contribution in [3.05, 3.63) is 91.5 Å². The lowest BCUT2D eigenvalue weighted by atomic mass is 10.2.